The number of H-pyrrole nitrogens is 1. The molecule has 27 heavy (non-hydrogen) atoms. The smallest absolute Gasteiger partial charge is 0.137 e. The number of thiazole rings is 1. The molecule has 0 atom stereocenters. The van der Waals surface area contributed by atoms with E-state index in [0.29, 0.717) is 5.92 Å². The van der Waals surface area contributed by atoms with Crippen LogP contribution in [0.15, 0.2) is 23.8 Å². The summed E-state index contributed by atoms with van der Waals surface area (Å²) in [5.74, 6) is 0.625. The zero-order valence-corrected chi connectivity index (χ0v) is 16.6. The Hall–Kier alpha value is -1.76. The summed E-state index contributed by atoms with van der Waals surface area (Å²) in [5.41, 5.74) is 4.61. The van der Waals surface area contributed by atoms with Crippen molar-refractivity contribution >= 4 is 22.4 Å². The summed E-state index contributed by atoms with van der Waals surface area (Å²) in [4.78, 5) is 15.3. The molecule has 5 nitrogen and oxygen atoms in total. The molecule has 5 rings (SSSR count). The Morgan fingerprint density at radius 3 is 2.78 bits per heavy atom. The predicted octanol–water partition coefficient (Wildman–Crippen LogP) is 4.60. The van der Waals surface area contributed by atoms with Crippen LogP contribution in [-0.2, 0) is 4.74 Å². The molecule has 6 heteroatoms. The van der Waals surface area contributed by atoms with Crippen molar-refractivity contribution < 1.29 is 6.16 Å². The summed E-state index contributed by atoms with van der Waals surface area (Å²) in [6.07, 6.45) is 9.21. The number of rotatable bonds is 3. The van der Waals surface area contributed by atoms with E-state index in [1.807, 2.05) is 6.92 Å². The highest BCUT2D eigenvalue weighted by Gasteiger charge is 2.28. The summed E-state index contributed by atoms with van der Waals surface area (Å²) in [6, 6.07) is 3.09. The van der Waals surface area contributed by atoms with E-state index in [0.717, 1.165) is 48.7 Å². The molecule has 144 valence electrons. The van der Waals surface area contributed by atoms with E-state index in [2.05, 4.69) is 38.7 Å². The highest BCUT2D eigenvalue weighted by Crippen LogP contribution is 2.37. The molecule has 0 radical (unpaired) electrons. The lowest BCUT2D eigenvalue weighted by Gasteiger charge is -2.38. The molecule has 1 N–H and O–H groups in total. The van der Waals surface area contributed by atoms with E-state index in [9.17, 15) is 0 Å². The van der Waals surface area contributed by atoms with Crippen molar-refractivity contribution in [3.8, 4) is 10.6 Å². The molecule has 1 aliphatic heterocycles. The number of nitrogens with one attached hydrogen (secondary N) is 1. The number of hydrogen-bond donors (Lipinski definition) is 1. The number of hydrogen-bond acceptors (Lipinski definition) is 5. The Bertz CT molecular complexity index is 926. The van der Waals surface area contributed by atoms with Crippen LogP contribution in [0.5, 0.6) is 0 Å². The van der Waals surface area contributed by atoms with Crippen molar-refractivity contribution in [2.45, 2.75) is 44.6 Å². The second-order valence-corrected chi connectivity index (χ2v) is 8.67. The minimum absolute atomic E-state index is 0. The number of aryl methyl sites for hydroxylation is 1. The summed E-state index contributed by atoms with van der Waals surface area (Å²) < 4.78 is 5.51. The topological polar surface area (TPSA) is 54.0 Å². The van der Waals surface area contributed by atoms with E-state index >= 15 is 0 Å². The molecular formula is C21H28N4OS. The first-order valence-electron chi connectivity index (χ1n) is 9.99. The van der Waals surface area contributed by atoms with Crippen molar-refractivity contribution in [1.29, 1.82) is 0 Å². The maximum absolute atomic E-state index is 5.51. The highest BCUT2D eigenvalue weighted by atomic mass is 32.1. The Labute approximate surface area is 165 Å². The lowest BCUT2D eigenvalue weighted by atomic mass is 9.81. The number of pyridine rings is 1. The van der Waals surface area contributed by atoms with Gasteiger partial charge in [-0.2, -0.15) is 0 Å². The summed E-state index contributed by atoms with van der Waals surface area (Å²) >= 11 is 1.71. The fourth-order valence-corrected chi connectivity index (χ4v) is 5.44. The van der Waals surface area contributed by atoms with Gasteiger partial charge < -0.3 is 9.72 Å². The minimum Gasteiger partial charge on any atom is -0.379 e. The Kier molecular flexibility index (Phi) is 4.71. The van der Waals surface area contributed by atoms with Crippen molar-refractivity contribution in [3.05, 3.63) is 35.1 Å². The molecule has 0 aromatic carbocycles. The largest absolute Gasteiger partial charge is 0.379 e. The van der Waals surface area contributed by atoms with Crippen LogP contribution in [-0.4, -0.2) is 52.2 Å². The summed E-state index contributed by atoms with van der Waals surface area (Å²) in [6.45, 7) is 6.04. The van der Waals surface area contributed by atoms with Crippen LogP contribution in [0, 0.1) is 6.92 Å². The minimum atomic E-state index is 0. The van der Waals surface area contributed by atoms with Crippen LogP contribution in [0.3, 0.4) is 0 Å². The first kappa shape index (κ1) is 17.3. The standard InChI is InChI=1S/C21H26N4OS.H2/c1-14-13-27-21(24-14)19-12-23-20-18(19)10-16(11-22-20)15-2-4-17(5-3-15)25-6-8-26-9-7-25;/h10-13,15,17H,2-9H2,1H3,(H,22,23);1H. The number of aromatic amines is 1. The monoisotopic (exact) mass is 384 g/mol. The maximum atomic E-state index is 5.51. The molecule has 4 heterocycles. The zero-order chi connectivity index (χ0) is 18.2. The fraction of sp³-hybridized carbons (Fsp3) is 0.524. The Morgan fingerprint density at radius 1 is 1.22 bits per heavy atom. The van der Waals surface area contributed by atoms with Gasteiger partial charge in [-0.15, -0.1) is 11.3 Å². The second-order valence-electron chi connectivity index (χ2n) is 7.81. The van der Waals surface area contributed by atoms with Gasteiger partial charge in [0.25, 0.3) is 0 Å². The van der Waals surface area contributed by atoms with E-state index in [1.165, 1.54) is 42.2 Å². The molecule has 1 aliphatic carbocycles. The molecule has 3 aromatic heterocycles. The lowest BCUT2D eigenvalue weighted by Crippen LogP contribution is -2.44. The molecule has 1 saturated heterocycles. The Morgan fingerprint density at radius 2 is 2.04 bits per heavy atom. The third-order valence-corrected chi connectivity index (χ3v) is 7.13. The van der Waals surface area contributed by atoms with Crippen molar-refractivity contribution in [2.75, 3.05) is 26.3 Å². The normalized spacial score (nSPS) is 24.5. The van der Waals surface area contributed by atoms with E-state index in [-0.39, 0.29) is 1.43 Å². The maximum Gasteiger partial charge on any atom is 0.137 e. The van der Waals surface area contributed by atoms with E-state index in [4.69, 9.17) is 9.72 Å². The van der Waals surface area contributed by atoms with E-state index < -0.39 is 0 Å². The van der Waals surface area contributed by atoms with Crippen molar-refractivity contribution in [2.24, 2.45) is 0 Å². The van der Waals surface area contributed by atoms with E-state index in [1.54, 1.807) is 11.3 Å². The first-order chi connectivity index (χ1) is 13.3. The van der Waals surface area contributed by atoms with Gasteiger partial charge in [0.05, 0.1) is 13.2 Å². The zero-order valence-electron chi connectivity index (χ0n) is 15.8. The summed E-state index contributed by atoms with van der Waals surface area (Å²) in [5, 5.41) is 4.39. The van der Waals surface area contributed by atoms with Crippen LogP contribution >= 0.6 is 11.3 Å². The number of aromatic nitrogens is 3. The predicted molar refractivity (Wildman–Crippen MR) is 111 cm³/mol. The van der Waals surface area contributed by atoms with Gasteiger partial charge in [0.1, 0.15) is 10.7 Å². The van der Waals surface area contributed by atoms with Gasteiger partial charge in [0.15, 0.2) is 0 Å². The van der Waals surface area contributed by atoms with Crippen LogP contribution in [0.4, 0.5) is 0 Å². The highest BCUT2D eigenvalue weighted by molar-refractivity contribution is 7.13. The fourth-order valence-electron chi connectivity index (χ4n) is 4.61. The van der Waals surface area contributed by atoms with Crippen molar-refractivity contribution in [3.63, 3.8) is 0 Å². The van der Waals surface area contributed by atoms with Gasteiger partial charge >= 0.3 is 0 Å². The van der Waals surface area contributed by atoms with Gasteiger partial charge in [-0.1, -0.05) is 0 Å². The molecule has 3 aromatic rings. The van der Waals surface area contributed by atoms with Crippen molar-refractivity contribution in [1.82, 2.24) is 19.9 Å². The molecule has 2 aliphatic rings. The molecule has 0 bridgehead atoms. The van der Waals surface area contributed by atoms with Crippen LogP contribution in [0.1, 0.15) is 44.3 Å². The number of ether oxygens (including phenoxy) is 1. The molecule has 0 amide bonds. The molecule has 1 saturated carbocycles. The molecule has 0 spiro atoms. The quantitative estimate of drug-likeness (QED) is 0.717. The number of fused-ring (bicyclic) bond motifs is 1. The van der Waals surface area contributed by atoms with Crippen LogP contribution in [0.25, 0.3) is 21.6 Å². The van der Waals surface area contributed by atoms with Gasteiger partial charge in [-0.05, 0) is 50.2 Å². The lowest BCUT2D eigenvalue weighted by molar-refractivity contribution is 0.00729. The van der Waals surface area contributed by atoms with Gasteiger partial charge in [0.2, 0.25) is 0 Å². The van der Waals surface area contributed by atoms with Gasteiger partial charge in [0, 0.05) is 55.0 Å². The first-order valence-corrected chi connectivity index (χ1v) is 10.9. The number of nitrogens with zero attached hydrogens (tertiary/aromatic N) is 3. The SMILES string of the molecule is Cc1csc(-c2c[nH]c3ncc(C4CCC(N5CCOCC5)CC4)cc23)n1.[HH]. The summed E-state index contributed by atoms with van der Waals surface area (Å²) in [7, 11) is 0. The van der Waals surface area contributed by atoms with Gasteiger partial charge in [-0.3, -0.25) is 4.90 Å². The molecular weight excluding hydrogens is 356 g/mol. The second kappa shape index (κ2) is 7.34. The molecule has 0 unspecified atom stereocenters. The average molecular weight is 385 g/mol. The third-order valence-electron chi connectivity index (χ3n) is 6.13. The van der Waals surface area contributed by atoms with Crippen LogP contribution in [0.2, 0.25) is 0 Å². The number of morpholine rings is 1. The van der Waals surface area contributed by atoms with Gasteiger partial charge in [-0.25, -0.2) is 9.97 Å². The molecule has 2 fully saturated rings. The third kappa shape index (κ3) is 3.42. The Balaban J connectivity index is 0.00000192. The average Bonchev–Trinajstić information content (AvgIpc) is 3.34. The van der Waals surface area contributed by atoms with Crippen LogP contribution < -0.4 is 0 Å².